The lowest BCUT2D eigenvalue weighted by molar-refractivity contribution is 0.112. The van der Waals surface area contributed by atoms with Crippen LogP contribution in [0.5, 0.6) is 5.75 Å². The van der Waals surface area contributed by atoms with Gasteiger partial charge in [0.05, 0.1) is 19.3 Å². The van der Waals surface area contributed by atoms with Gasteiger partial charge in [-0.25, -0.2) is 0 Å². The Hall–Kier alpha value is -1.00. The van der Waals surface area contributed by atoms with Crippen molar-refractivity contribution in [1.82, 2.24) is 0 Å². The SMILES string of the molecule is CCC[C@@H](O[Si](C)(C)C(C)(C)C)[C@H](Nc1ccc(OC)cc1)C1CCCCC1. The standard InChI is InChI=1S/C24H43NO2Si/c1-8-12-22(27-28(6,7)24(2,3)4)23(19-13-10-9-11-14-19)25-20-15-17-21(26-5)18-16-20/h15-19,22-23,25H,8-14H2,1-7H3/t22-,23-/m1/s1. The molecule has 0 aromatic heterocycles. The summed E-state index contributed by atoms with van der Waals surface area (Å²) in [6, 6.07) is 8.75. The maximum atomic E-state index is 7.03. The van der Waals surface area contributed by atoms with Crippen LogP contribution in [0.15, 0.2) is 24.3 Å². The van der Waals surface area contributed by atoms with E-state index in [4.69, 9.17) is 9.16 Å². The molecule has 0 amide bonds. The molecular formula is C24H43NO2Si. The quantitative estimate of drug-likeness (QED) is 0.439. The zero-order valence-corrected chi connectivity index (χ0v) is 20.3. The molecular weight excluding hydrogens is 362 g/mol. The molecule has 0 unspecified atom stereocenters. The molecule has 160 valence electrons. The fourth-order valence-corrected chi connectivity index (χ4v) is 5.41. The largest absolute Gasteiger partial charge is 0.497 e. The molecule has 1 aliphatic rings. The van der Waals surface area contributed by atoms with Crippen LogP contribution in [0.25, 0.3) is 0 Å². The monoisotopic (exact) mass is 405 g/mol. The number of hydrogen-bond donors (Lipinski definition) is 1. The Labute approximate surface area is 174 Å². The van der Waals surface area contributed by atoms with E-state index < -0.39 is 8.32 Å². The van der Waals surface area contributed by atoms with E-state index in [-0.39, 0.29) is 11.1 Å². The molecule has 0 saturated heterocycles. The van der Waals surface area contributed by atoms with Crippen LogP contribution in [-0.2, 0) is 4.43 Å². The van der Waals surface area contributed by atoms with Gasteiger partial charge in [0.25, 0.3) is 0 Å². The van der Waals surface area contributed by atoms with Crippen molar-refractivity contribution in [2.75, 3.05) is 12.4 Å². The maximum absolute atomic E-state index is 7.03. The molecule has 1 saturated carbocycles. The van der Waals surface area contributed by atoms with Crippen LogP contribution in [0.2, 0.25) is 18.1 Å². The summed E-state index contributed by atoms with van der Waals surface area (Å²) in [6.45, 7) is 14.1. The van der Waals surface area contributed by atoms with E-state index in [1.807, 2.05) is 12.1 Å². The smallest absolute Gasteiger partial charge is 0.192 e. The second-order valence-corrected chi connectivity index (χ2v) is 14.8. The second kappa shape index (κ2) is 10.2. The lowest BCUT2D eigenvalue weighted by Gasteiger charge is -2.44. The third-order valence-electron chi connectivity index (χ3n) is 6.81. The summed E-state index contributed by atoms with van der Waals surface area (Å²) < 4.78 is 12.4. The minimum Gasteiger partial charge on any atom is -0.497 e. The molecule has 0 aliphatic heterocycles. The topological polar surface area (TPSA) is 30.5 Å². The van der Waals surface area contributed by atoms with Crippen molar-refractivity contribution in [3.05, 3.63) is 24.3 Å². The number of nitrogens with one attached hydrogen (secondary N) is 1. The number of methoxy groups -OCH3 is 1. The lowest BCUT2D eigenvalue weighted by Crippen LogP contribution is -2.51. The zero-order valence-electron chi connectivity index (χ0n) is 19.3. The molecule has 1 N–H and O–H groups in total. The summed E-state index contributed by atoms with van der Waals surface area (Å²) in [7, 11) is -0.104. The van der Waals surface area contributed by atoms with Gasteiger partial charge >= 0.3 is 0 Å². The predicted octanol–water partition coefficient (Wildman–Crippen LogP) is 7.25. The lowest BCUT2D eigenvalue weighted by atomic mass is 9.81. The van der Waals surface area contributed by atoms with Crippen molar-refractivity contribution >= 4 is 14.0 Å². The number of rotatable bonds is 9. The van der Waals surface area contributed by atoms with Crippen LogP contribution in [0.3, 0.4) is 0 Å². The summed E-state index contributed by atoms with van der Waals surface area (Å²) in [4.78, 5) is 0. The van der Waals surface area contributed by atoms with Crippen LogP contribution in [-0.4, -0.2) is 27.6 Å². The summed E-state index contributed by atoms with van der Waals surface area (Å²) in [5, 5.41) is 4.13. The van der Waals surface area contributed by atoms with Crippen molar-refractivity contribution in [1.29, 1.82) is 0 Å². The average molecular weight is 406 g/mol. The van der Waals surface area contributed by atoms with Gasteiger partial charge in [0.15, 0.2) is 8.32 Å². The molecule has 4 heteroatoms. The highest BCUT2D eigenvalue weighted by molar-refractivity contribution is 6.74. The Balaban J connectivity index is 2.27. The molecule has 3 nitrogen and oxygen atoms in total. The first kappa shape index (κ1) is 23.3. The van der Waals surface area contributed by atoms with Gasteiger partial charge in [0, 0.05) is 5.69 Å². The molecule has 0 radical (unpaired) electrons. The van der Waals surface area contributed by atoms with Crippen LogP contribution in [0.4, 0.5) is 5.69 Å². The molecule has 1 aromatic rings. The van der Waals surface area contributed by atoms with E-state index in [2.05, 4.69) is 58.2 Å². The average Bonchev–Trinajstić information content (AvgIpc) is 2.66. The Morgan fingerprint density at radius 3 is 2.18 bits per heavy atom. The van der Waals surface area contributed by atoms with Gasteiger partial charge in [-0.2, -0.15) is 0 Å². The van der Waals surface area contributed by atoms with Gasteiger partial charge in [-0.3, -0.25) is 0 Å². The number of benzene rings is 1. The van der Waals surface area contributed by atoms with Gasteiger partial charge in [0.2, 0.25) is 0 Å². The van der Waals surface area contributed by atoms with E-state index in [1.54, 1.807) is 7.11 Å². The van der Waals surface area contributed by atoms with Gasteiger partial charge in [-0.1, -0.05) is 53.4 Å². The molecule has 1 fully saturated rings. The van der Waals surface area contributed by atoms with E-state index in [9.17, 15) is 0 Å². The first-order valence-corrected chi connectivity index (χ1v) is 14.2. The minimum atomic E-state index is -1.82. The van der Waals surface area contributed by atoms with Crippen molar-refractivity contribution in [3.8, 4) is 5.75 Å². The van der Waals surface area contributed by atoms with Crippen molar-refractivity contribution in [2.45, 2.75) is 103 Å². The third kappa shape index (κ3) is 6.25. The third-order valence-corrected chi connectivity index (χ3v) is 11.3. The van der Waals surface area contributed by atoms with Gasteiger partial charge in [-0.15, -0.1) is 0 Å². The molecule has 2 atom stereocenters. The Kier molecular flexibility index (Phi) is 8.44. The van der Waals surface area contributed by atoms with Crippen molar-refractivity contribution in [2.24, 2.45) is 5.92 Å². The predicted molar refractivity (Wildman–Crippen MR) is 124 cm³/mol. The molecule has 0 heterocycles. The highest BCUT2D eigenvalue weighted by Gasteiger charge is 2.42. The van der Waals surface area contributed by atoms with E-state index in [0.29, 0.717) is 12.0 Å². The summed E-state index contributed by atoms with van der Waals surface area (Å²) >= 11 is 0. The molecule has 0 spiro atoms. The fourth-order valence-electron chi connectivity index (χ4n) is 4.04. The Morgan fingerprint density at radius 1 is 1.07 bits per heavy atom. The minimum absolute atomic E-state index is 0.232. The van der Waals surface area contributed by atoms with E-state index >= 15 is 0 Å². The van der Waals surface area contributed by atoms with E-state index in [1.165, 1.54) is 37.8 Å². The molecule has 1 aromatic carbocycles. The van der Waals surface area contributed by atoms with Crippen LogP contribution in [0, 0.1) is 5.92 Å². The summed E-state index contributed by atoms with van der Waals surface area (Å²) in [5.41, 5.74) is 1.18. The first-order chi connectivity index (χ1) is 13.2. The summed E-state index contributed by atoms with van der Waals surface area (Å²) in [6.07, 6.45) is 9.27. The van der Waals surface area contributed by atoms with Gasteiger partial charge in [-0.05, 0) is 67.6 Å². The van der Waals surface area contributed by atoms with Crippen LogP contribution >= 0.6 is 0 Å². The Morgan fingerprint density at radius 2 is 1.68 bits per heavy atom. The molecule has 2 rings (SSSR count). The molecule has 1 aliphatic carbocycles. The first-order valence-electron chi connectivity index (χ1n) is 11.3. The molecule has 0 bridgehead atoms. The fraction of sp³-hybridized carbons (Fsp3) is 0.750. The number of hydrogen-bond acceptors (Lipinski definition) is 3. The maximum Gasteiger partial charge on any atom is 0.192 e. The van der Waals surface area contributed by atoms with Crippen molar-refractivity contribution in [3.63, 3.8) is 0 Å². The van der Waals surface area contributed by atoms with Gasteiger partial charge < -0.3 is 14.5 Å². The summed E-state index contributed by atoms with van der Waals surface area (Å²) in [5.74, 6) is 1.60. The van der Waals surface area contributed by atoms with Crippen molar-refractivity contribution < 1.29 is 9.16 Å². The van der Waals surface area contributed by atoms with Gasteiger partial charge in [0.1, 0.15) is 5.75 Å². The Bertz CT molecular complexity index is 573. The van der Waals surface area contributed by atoms with Crippen LogP contribution < -0.4 is 10.1 Å². The highest BCUT2D eigenvalue weighted by atomic mass is 28.4. The van der Waals surface area contributed by atoms with Crippen LogP contribution in [0.1, 0.15) is 72.6 Å². The highest BCUT2D eigenvalue weighted by Crippen LogP contribution is 2.40. The zero-order chi connectivity index (χ0) is 20.8. The van der Waals surface area contributed by atoms with E-state index in [0.717, 1.165) is 18.6 Å². The molecule has 28 heavy (non-hydrogen) atoms. The second-order valence-electron chi connectivity index (χ2n) is 10.0. The number of ether oxygens (including phenoxy) is 1. The normalized spacial score (nSPS) is 18.5. The number of anilines is 1.